The van der Waals surface area contributed by atoms with Gasteiger partial charge in [0.1, 0.15) is 22.8 Å². The van der Waals surface area contributed by atoms with E-state index in [2.05, 4.69) is 46.7 Å². The van der Waals surface area contributed by atoms with Crippen LogP contribution in [0.3, 0.4) is 0 Å². The van der Waals surface area contributed by atoms with E-state index >= 15 is 0 Å². The van der Waals surface area contributed by atoms with Crippen LogP contribution in [0.4, 0.5) is 5.82 Å². The molecule has 2 heterocycles. The van der Waals surface area contributed by atoms with Crippen LogP contribution in [0.15, 0.2) is 0 Å². The van der Waals surface area contributed by atoms with Gasteiger partial charge in [0.15, 0.2) is 5.82 Å². The highest BCUT2D eigenvalue weighted by Crippen LogP contribution is 2.27. The number of hydrogen-bond acceptors (Lipinski definition) is 6. The van der Waals surface area contributed by atoms with Crippen molar-refractivity contribution in [3.63, 3.8) is 0 Å². The molecule has 0 aliphatic rings. The van der Waals surface area contributed by atoms with Crippen LogP contribution >= 0.6 is 0 Å². The third kappa shape index (κ3) is 5.57. The zero-order chi connectivity index (χ0) is 19.6. The molecule has 0 radical (unpaired) electrons. The number of rotatable bonds is 12. The third-order valence-corrected chi connectivity index (χ3v) is 4.89. The number of nitriles is 1. The molecule has 0 bridgehead atoms. The Hall–Kier alpha value is -2.33. The van der Waals surface area contributed by atoms with E-state index < -0.39 is 0 Å². The number of nitrogen functional groups attached to an aromatic ring is 1. The van der Waals surface area contributed by atoms with Crippen LogP contribution in [-0.2, 0) is 6.42 Å². The average molecular weight is 373 g/mol. The molecule has 0 unspecified atom stereocenters. The number of unbranched alkanes of at least 4 members (excludes halogenated alkanes) is 3. The van der Waals surface area contributed by atoms with Crippen molar-refractivity contribution >= 4 is 16.9 Å². The summed E-state index contributed by atoms with van der Waals surface area (Å²) in [6.07, 6.45) is 6.07. The van der Waals surface area contributed by atoms with Gasteiger partial charge in [-0.25, -0.2) is 0 Å². The van der Waals surface area contributed by atoms with Gasteiger partial charge in [-0.2, -0.15) is 15.2 Å². The van der Waals surface area contributed by atoms with Gasteiger partial charge < -0.3 is 20.4 Å². The maximum absolute atomic E-state index is 9.48. The van der Waals surface area contributed by atoms with Crippen LogP contribution in [-0.4, -0.2) is 46.1 Å². The number of anilines is 1. The second-order valence-corrected chi connectivity index (χ2v) is 6.74. The molecule has 3 N–H and O–H groups in total. The third-order valence-electron chi connectivity index (χ3n) is 4.89. The number of nitrogens with two attached hydrogens (primary N) is 1. The Morgan fingerprint density at radius 1 is 1.11 bits per heavy atom. The van der Waals surface area contributed by atoms with Crippen molar-refractivity contribution in [3.05, 3.63) is 11.3 Å². The maximum atomic E-state index is 9.48. The van der Waals surface area contributed by atoms with Gasteiger partial charge in [-0.05, 0) is 45.3 Å². The molecule has 0 spiro atoms. The topological polar surface area (TPSA) is 104 Å². The number of nitrogens with one attached hydrogen (secondary N) is 1. The Kier molecular flexibility index (Phi) is 8.34. The minimum Gasteiger partial charge on any atom is -0.463 e. The molecule has 0 amide bonds. The monoisotopic (exact) mass is 372 g/mol. The second-order valence-electron chi connectivity index (χ2n) is 6.74. The summed E-state index contributed by atoms with van der Waals surface area (Å²) < 4.78 is 5.62. The number of ether oxygens (including phenoxy) is 1. The number of hydrogen-bond donors (Lipinski definition) is 2. The van der Waals surface area contributed by atoms with Gasteiger partial charge in [0, 0.05) is 5.56 Å². The number of aromatic nitrogens is 3. The first kappa shape index (κ1) is 21.0. The molecule has 7 nitrogen and oxygen atoms in total. The van der Waals surface area contributed by atoms with E-state index in [9.17, 15) is 5.26 Å². The molecule has 0 saturated carbocycles. The molecule has 27 heavy (non-hydrogen) atoms. The van der Waals surface area contributed by atoms with Gasteiger partial charge >= 0.3 is 6.01 Å². The number of H-pyrrole nitrogens is 1. The molecule has 0 fully saturated rings. The summed E-state index contributed by atoms with van der Waals surface area (Å²) in [5.41, 5.74) is 8.86. The van der Waals surface area contributed by atoms with Gasteiger partial charge in [-0.3, -0.25) is 0 Å². The lowest BCUT2D eigenvalue weighted by Gasteiger charge is -2.17. The Bertz CT molecular complexity index is 760. The quantitative estimate of drug-likeness (QED) is 0.551. The normalized spacial score (nSPS) is 11.2. The largest absolute Gasteiger partial charge is 0.463 e. The molecular weight excluding hydrogens is 340 g/mol. The zero-order valence-corrected chi connectivity index (χ0v) is 16.8. The SMILES string of the molecule is CCCCOc1nc(N)c2[nH]c(C#N)c(CCCCCN(CC)CC)c2n1. The molecule has 0 aliphatic carbocycles. The van der Waals surface area contributed by atoms with Crippen molar-refractivity contribution in [1.29, 1.82) is 5.26 Å². The smallest absolute Gasteiger partial charge is 0.319 e. The molecule has 2 aromatic rings. The Balaban J connectivity index is 2.08. The molecule has 0 aliphatic heterocycles. The lowest BCUT2D eigenvalue weighted by atomic mass is 10.1. The van der Waals surface area contributed by atoms with Crippen molar-refractivity contribution in [3.8, 4) is 12.1 Å². The van der Waals surface area contributed by atoms with E-state index in [1.54, 1.807) is 0 Å². The highest BCUT2D eigenvalue weighted by Gasteiger charge is 2.17. The zero-order valence-electron chi connectivity index (χ0n) is 16.8. The molecule has 0 aromatic carbocycles. The predicted molar refractivity (Wildman–Crippen MR) is 109 cm³/mol. The number of aromatic amines is 1. The molecule has 148 valence electrons. The Morgan fingerprint density at radius 3 is 2.56 bits per heavy atom. The lowest BCUT2D eigenvalue weighted by Crippen LogP contribution is -2.23. The molecule has 2 rings (SSSR count). The van der Waals surface area contributed by atoms with E-state index in [-0.39, 0.29) is 0 Å². The molecule has 2 aromatic heterocycles. The molecule has 0 saturated heterocycles. The van der Waals surface area contributed by atoms with Gasteiger partial charge in [-0.15, -0.1) is 0 Å². The average Bonchev–Trinajstić information content (AvgIpc) is 3.03. The van der Waals surface area contributed by atoms with E-state index in [0.717, 1.165) is 63.7 Å². The fraction of sp³-hybridized carbons (Fsp3) is 0.650. The van der Waals surface area contributed by atoms with Crippen molar-refractivity contribution in [1.82, 2.24) is 19.9 Å². The Morgan fingerprint density at radius 2 is 1.89 bits per heavy atom. The first-order valence-corrected chi connectivity index (χ1v) is 10.1. The summed E-state index contributed by atoms with van der Waals surface area (Å²) >= 11 is 0. The summed E-state index contributed by atoms with van der Waals surface area (Å²) in [4.78, 5) is 14.2. The molecule has 7 heteroatoms. The van der Waals surface area contributed by atoms with Crippen molar-refractivity contribution in [2.45, 2.75) is 59.3 Å². The van der Waals surface area contributed by atoms with Gasteiger partial charge in [-0.1, -0.05) is 33.6 Å². The Labute approximate surface area is 161 Å². The van der Waals surface area contributed by atoms with E-state index in [4.69, 9.17) is 10.5 Å². The minimum atomic E-state index is 0.291. The summed E-state index contributed by atoms with van der Waals surface area (Å²) in [5, 5.41) is 9.48. The second kappa shape index (κ2) is 10.7. The number of aryl methyl sites for hydroxylation is 1. The van der Waals surface area contributed by atoms with Crippen LogP contribution < -0.4 is 10.5 Å². The van der Waals surface area contributed by atoms with Crippen molar-refractivity contribution in [2.24, 2.45) is 0 Å². The highest BCUT2D eigenvalue weighted by molar-refractivity contribution is 5.89. The van der Waals surface area contributed by atoms with Crippen LogP contribution in [0.2, 0.25) is 0 Å². The highest BCUT2D eigenvalue weighted by atomic mass is 16.5. The first-order valence-electron chi connectivity index (χ1n) is 10.1. The predicted octanol–water partition coefficient (Wildman–Crippen LogP) is 3.65. The van der Waals surface area contributed by atoms with Crippen LogP contribution in [0.1, 0.15) is 64.1 Å². The molecule has 0 atom stereocenters. The lowest BCUT2D eigenvalue weighted by molar-refractivity contribution is 0.287. The number of nitrogens with zero attached hydrogens (tertiary/aromatic N) is 4. The van der Waals surface area contributed by atoms with Gasteiger partial charge in [0.2, 0.25) is 0 Å². The van der Waals surface area contributed by atoms with E-state index in [1.165, 1.54) is 0 Å². The number of fused-ring (bicyclic) bond motifs is 1. The minimum absolute atomic E-state index is 0.291. The summed E-state index contributed by atoms with van der Waals surface area (Å²) in [5.74, 6) is 0.329. The van der Waals surface area contributed by atoms with Gasteiger partial charge in [0.05, 0.1) is 6.61 Å². The summed E-state index contributed by atoms with van der Waals surface area (Å²) in [6, 6.07) is 2.52. The summed E-state index contributed by atoms with van der Waals surface area (Å²) in [6.45, 7) is 10.4. The standard InChI is InChI=1S/C20H32N6O/c1-4-7-13-27-20-24-17-15(11-9-8-10-12-26(5-2)6-3)16(14-21)23-18(17)19(22)25-20/h23H,4-13H2,1-3H3,(H2,22,24,25). The fourth-order valence-electron chi connectivity index (χ4n) is 3.18. The molecular formula is C20H32N6O. The van der Waals surface area contributed by atoms with E-state index in [0.29, 0.717) is 35.2 Å². The van der Waals surface area contributed by atoms with Crippen molar-refractivity contribution < 1.29 is 4.74 Å². The summed E-state index contributed by atoms with van der Waals surface area (Å²) in [7, 11) is 0. The van der Waals surface area contributed by atoms with Crippen molar-refractivity contribution in [2.75, 3.05) is 32.0 Å². The van der Waals surface area contributed by atoms with Crippen LogP contribution in [0.5, 0.6) is 6.01 Å². The fourth-order valence-corrected chi connectivity index (χ4v) is 3.18. The van der Waals surface area contributed by atoms with E-state index in [1.807, 2.05) is 0 Å². The van der Waals surface area contributed by atoms with Crippen LogP contribution in [0.25, 0.3) is 11.0 Å². The van der Waals surface area contributed by atoms with Crippen LogP contribution in [0, 0.1) is 11.3 Å². The van der Waals surface area contributed by atoms with Gasteiger partial charge in [0.25, 0.3) is 0 Å². The first-order chi connectivity index (χ1) is 13.1. The maximum Gasteiger partial charge on any atom is 0.319 e.